The quantitative estimate of drug-likeness (QED) is 0.652. The number of anilines is 1. The molecule has 1 amide bonds. The molecule has 23 heavy (non-hydrogen) atoms. The lowest BCUT2D eigenvalue weighted by Crippen LogP contribution is -2.13. The van der Waals surface area contributed by atoms with Crippen LogP contribution in [0.3, 0.4) is 0 Å². The van der Waals surface area contributed by atoms with E-state index in [1.807, 2.05) is 30.3 Å². The first-order valence-electron chi connectivity index (χ1n) is 6.71. The average molecular weight is 421 g/mol. The zero-order valence-electron chi connectivity index (χ0n) is 12.1. The molecule has 2 aromatic carbocycles. The minimum Gasteiger partial charge on any atom is -0.497 e. The van der Waals surface area contributed by atoms with Gasteiger partial charge in [-0.25, -0.2) is 0 Å². The molecular weight excluding hydrogens is 409 g/mol. The summed E-state index contributed by atoms with van der Waals surface area (Å²) in [4.78, 5) is 12.2. The van der Waals surface area contributed by atoms with Gasteiger partial charge in [0.15, 0.2) is 0 Å². The maximum absolute atomic E-state index is 12.2. The minimum atomic E-state index is -0.296. The zero-order chi connectivity index (χ0) is 16.2. The number of nitrogens with zero attached hydrogens (tertiary/aromatic N) is 2. The van der Waals surface area contributed by atoms with E-state index < -0.39 is 0 Å². The van der Waals surface area contributed by atoms with E-state index in [-0.39, 0.29) is 11.9 Å². The van der Waals surface area contributed by atoms with E-state index in [1.54, 1.807) is 25.3 Å². The first kappa shape index (κ1) is 15.5. The molecule has 0 aliphatic rings. The van der Waals surface area contributed by atoms with Crippen molar-refractivity contribution < 1.29 is 13.9 Å². The number of hydrogen-bond donors (Lipinski definition) is 1. The van der Waals surface area contributed by atoms with Crippen molar-refractivity contribution in [2.45, 2.75) is 0 Å². The number of ether oxygens (including phenoxy) is 1. The Kier molecular flexibility index (Phi) is 4.56. The second kappa shape index (κ2) is 6.78. The lowest BCUT2D eigenvalue weighted by atomic mass is 10.2. The van der Waals surface area contributed by atoms with Crippen molar-refractivity contribution >= 4 is 34.5 Å². The van der Waals surface area contributed by atoms with Gasteiger partial charge in [-0.05, 0) is 52.9 Å². The van der Waals surface area contributed by atoms with Crippen LogP contribution in [0.25, 0.3) is 11.5 Å². The fourth-order valence-corrected chi connectivity index (χ4v) is 2.59. The third-order valence-electron chi connectivity index (χ3n) is 3.08. The molecule has 0 saturated heterocycles. The fraction of sp³-hybridized carbons (Fsp3) is 0.0625. The summed E-state index contributed by atoms with van der Waals surface area (Å²) >= 11 is 2.10. The third-order valence-corrected chi connectivity index (χ3v) is 4.02. The van der Waals surface area contributed by atoms with Gasteiger partial charge in [0.05, 0.1) is 12.7 Å². The van der Waals surface area contributed by atoms with E-state index in [2.05, 4.69) is 38.1 Å². The number of benzene rings is 2. The van der Waals surface area contributed by atoms with Crippen molar-refractivity contribution in [1.29, 1.82) is 0 Å². The van der Waals surface area contributed by atoms with E-state index in [4.69, 9.17) is 9.15 Å². The second-order valence-electron chi connectivity index (χ2n) is 4.58. The van der Waals surface area contributed by atoms with Crippen LogP contribution in [0.15, 0.2) is 52.9 Å². The molecule has 1 heterocycles. The molecule has 0 radical (unpaired) electrons. The van der Waals surface area contributed by atoms with E-state index in [0.717, 1.165) is 3.57 Å². The van der Waals surface area contributed by atoms with Crippen LogP contribution in [0.1, 0.15) is 10.4 Å². The van der Waals surface area contributed by atoms with Crippen LogP contribution in [0.4, 0.5) is 6.01 Å². The Labute approximate surface area is 146 Å². The van der Waals surface area contributed by atoms with Gasteiger partial charge in [0, 0.05) is 9.13 Å². The molecule has 1 N–H and O–H groups in total. The predicted octanol–water partition coefficient (Wildman–Crippen LogP) is 3.60. The first-order chi connectivity index (χ1) is 11.2. The largest absolute Gasteiger partial charge is 0.497 e. The summed E-state index contributed by atoms with van der Waals surface area (Å²) in [6, 6.07) is 14.5. The Morgan fingerprint density at radius 3 is 2.78 bits per heavy atom. The highest BCUT2D eigenvalue weighted by Gasteiger charge is 2.14. The Bertz CT molecular complexity index is 848. The first-order valence-corrected chi connectivity index (χ1v) is 7.79. The molecule has 0 atom stereocenters. The molecule has 1 aromatic heterocycles. The summed E-state index contributed by atoms with van der Waals surface area (Å²) in [6.07, 6.45) is 0. The molecule has 0 bridgehead atoms. The molecular formula is C16H12IN3O3. The summed E-state index contributed by atoms with van der Waals surface area (Å²) in [5.74, 6) is 0.697. The van der Waals surface area contributed by atoms with Crippen molar-refractivity contribution in [2.24, 2.45) is 0 Å². The van der Waals surface area contributed by atoms with Crippen LogP contribution < -0.4 is 10.1 Å². The van der Waals surface area contributed by atoms with Gasteiger partial charge in [-0.1, -0.05) is 23.3 Å². The molecule has 3 rings (SSSR count). The highest BCUT2D eigenvalue weighted by molar-refractivity contribution is 14.1. The van der Waals surface area contributed by atoms with Gasteiger partial charge in [-0.3, -0.25) is 10.1 Å². The maximum atomic E-state index is 12.2. The average Bonchev–Trinajstić information content (AvgIpc) is 3.03. The summed E-state index contributed by atoms with van der Waals surface area (Å²) in [5.41, 5.74) is 1.26. The smallest absolute Gasteiger partial charge is 0.322 e. The highest BCUT2D eigenvalue weighted by Crippen LogP contribution is 2.24. The van der Waals surface area contributed by atoms with Gasteiger partial charge in [-0.2, -0.15) is 0 Å². The molecule has 0 aliphatic carbocycles. The highest BCUT2D eigenvalue weighted by atomic mass is 127. The number of hydrogen-bond acceptors (Lipinski definition) is 5. The van der Waals surface area contributed by atoms with Crippen LogP contribution in [0.5, 0.6) is 5.75 Å². The lowest BCUT2D eigenvalue weighted by molar-refractivity contribution is 0.102. The molecule has 0 saturated carbocycles. The molecule has 0 unspecified atom stereocenters. The number of methoxy groups -OCH3 is 1. The van der Waals surface area contributed by atoms with Gasteiger partial charge in [0.25, 0.3) is 5.91 Å². The SMILES string of the molecule is COc1cccc(-c2nnc(NC(=O)c3ccccc3I)o2)c1. The summed E-state index contributed by atoms with van der Waals surface area (Å²) < 4.78 is 11.5. The van der Waals surface area contributed by atoms with E-state index in [1.165, 1.54) is 0 Å². The van der Waals surface area contributed by atoms with Crippen molar-refractivity contribution in [3.05, 3.63) is 57.7 Å². The van der Waals surface area contributed by atoms with Crippen molar-refractivity contribution in [3.8, 4) is 17.2 Å². The Hall–Kier alpha value is -2.42. The normalized spacial score (nSPS) is 10.3. The summed E-state index contributed by atoms with van der Waals surface area (Å²) in [5, 5.41) is 10.4. The number of amides is 1. The summed E-state index contributed by atoms with van der Waals surface area (Å²) in [6.45, 7) is 0. The number of halogens is 1. The van der Waals surface area contributed by atoms with E-state index >= 15 is 0 Å². The van der Waals surface area contributed by atoms with Crippen LogP contribution in [0.2, 0.25) is 0 Å². The molecule has 0 aliphatic heterocycles. The summed E-state index contributed by atoms with van der Waals surface area (Å²) in [7, 11) is 1.58. The predicted molar refractivity (Wildman–Crippen MR) is 93.4 cm³/mol. The van der Waals surface area contributed by atoms with Crippen LogP contribution >= 0.6 is 22.6 Å². The number of carbonyl (C=O) groups is 1. The molecule has 3 aromatic rings. The van der Waals surface area contributed by atoms with Crippen LogP contribution in [-0.4, -0.2) is 23.2 Å². The Balaban J connectivity index is 1.79. The fourth-order valence-electron chi connectivity index (χ4n) is 1.96. The van der Waals surface area contributed by atoms with Crippen molar-refractivity contribution in [3.63, 3.8) is 0 Å². The zero-order valence-corrected chi connectivity index (χ0v) is 14.3. The van der Waals surface area contributed by atoms with Crippen LogP contribution in [0, 0.1) is 3.57 Å². The lowest BCUT2D eigenvalue weighted by Gasteiger charge is -2.02. The Morgan fingerprint density at radius 1 is 1.17 bits per heavy atom. The van der Waals surface area contributed by atoms with E-state index in [9.17, 15) is 4.79 Å². The van der Waals surface area contributed by atoms with Crippen molar-refractivity contribution in [1.82, 2.24) is 10.2 Å². The monoisotopic (exact) mass is 421 g/mol. The number of aromatic nitrogens is 2. The molecule has 0 fully saturated rings. The Morgan fingerprint density at radius 2 is 2.00 bits per heavy atom. The second-order valence-corrected chi connectivity index (χ2v) is 5.74. The van der Waals surface area contributed by atoms with Gasteiger partial charge >= 0.3 is 6.01 Å². The number of carbonyl (C=O) groups excluding carboxylic acids is 1. The number of nitrogens with one attached hydrogen (secondary N) is 1. The molecule has 6 nitrogen and oxygen atoms in total. The molecule has 116 valence electrons. The third kappa shape index (κ3) is 3.50. The molecule has 7 heteroatoms. The van der Waals surface area contributed by atoms with E-state index in [0.29, 0.717) is 22.8 Å². The minimum absolute atomic E-state index is 0.0486. The van der Waals surface area contributed by atoms with Crippen molar-refractivity contribution in [2.75, 3.05) is 12.4 Å². The number of rotatable bonds is 4. The van der Waals surface area contributed by atoms with Crippen LogP contribution in [-0.2, 0) is 0 Å². The molecule has 0 spiro atoms. The van der Waals surface area contributed by atoms with Gasteiger partial charge in [0.2, 0.25) is 5.89 Å². The maximum Gasteiger partial charge on any atom is 0.322 e. The van der Waals surface area contributed by atoms with Gasteiger partial charge in [-0.15, -0.1) is 5.10 Å². The topological polar surface area (TPSA) is 77.3 Å². The van der Waals surface area contributed by atoms with Gasteiger partial charge in [0.1, 0.15) is 5.75 Å². The standard InChI is InChI=1S/C16H12IN3O3/c1-22-11-6-4-5-10(9-11)15-19-20-16(23-15)18-14(21)12-7-2-3-8-13(12)17/h2-9H,1H3,(H,18,20,21). The van der Waals surface area contributed by atoms with Gasteiger partial charge < -0.3 is 9.15 Å².